The molecule has 0 spiro atoms. The van der Waals surface area contributed by atoms with Gasteiger partial charge in [0.1, 0.15) is 6.29 Å². The number of unbranched alkanes of at least 4 members (excludes halogenated alkanes) is 6. The van der Waals surface area contributed by atoms with E-state index in [9.17, 15) is 4.79 Å². The molecule has 0 amide bonds. The Kier molecular flexibility index (Phi) is 10.0. The number of allylic oxidation sites excluding steroid dienone is 2. The van der Waals surface area contributed by atoms with Gasteiger partial charge in [0.2, 0.25) is 0 Å². The summed E-state index contributed by atoms with van der Waals surface area (Å²) in [5.74, 6) is 0. The van der Waals surface area contributed by atoms with Crippen LogP contribution in [0.3, 0.4) is 0 Å². The molecule has 1 nitrogen and oxygen atoms in total. The summed E-state index contributed by atoms with van der Waals surface area (Å²) < 4.78 is 0. The van der Waals surface area contributed by atoms with E-state index < -0.39 is 0 Å². The van der Waals surface area contributed by atoms with Crippen molar-refractivity contribution in [3.05, 3.63) is 11.6 Å². The quantitative estimate of drug-likeness (QED) is 0.306. The molecule has 82 valence electrons. The summed E-state index contributed by atoms with van der Waals surface area (Å²) in [4.78, 5) is 10.5. The van der Waals surface area contributed by atoms with Crippen molar-refractivity contribution >= 4 is 6.29 Å². The molecule has 0 saturated heterocycles. The lowest BCUT2D eigenvalue weighted by atomic mass is 10.1. The maximum absolute atomic E-state index is 10.5. The van der Waals surface area contributed by atoms with Gasteiger partial charge in [-0.25, -0.2) is 0 Å². The molecule has 0 fully saturated rings. The van der Waals surface area contributed by atoms with Gasteiger partial charge in [0.25, 0.3) is 0 Å². The van der Waals surface area contributed by atoms with Gasteiger partial charge < -0.3 is 0 Å². The second-order valence-corrected chi connectivity index (χ2v) is 3.85. The number of rotatable bonds is 9. The summed E-state index contributed by atoms with van der Waals surface area (Å²) in [7, 11) is 0. The standard InChI is InChI=1S/C13H24O/c1-3-5-6-7-8-9-10-11-13(4-2)12-14/h4,12H,3,5-11H2,1-2H3/b13-4-. The van der Waals surface area contributed by atoms with Crippen LogP contribution >= 0.6 is 0 Å². The third-order valence-corrected chi connectivity index (χ3v) is 2.59. The fourth-order valence-corrected chi connectivity index (χ4v) is 1.56. The Hall–Kier alpha value is -0.590. The van der Waals surface area contributed by atoms with Crippen molar-refractivity contribution in [3.63, 3.8) is 0 Å². The molecule has 0 atom stereocenters. The highest BCUT2D eigenvalue weighted by molar-refractivity contribution is 5.72. The third kappa shape index (κ3) is 8.03. The van der Waals surface area contributed by atoms with Crippen LogP contribution in [-0.4, -0.2) is 6.29 Å². The molecule has 0 aromatic heterocycles. The average Bonchev–Trinajstić information content (AvgIpc) is 2.22. The fourth-order valence-electron chi connectivity index (χ4n) is 1.56. The zero-order valence-electron chi connectivity index (χ0n) is 9.72. The van der Waals surface area contributed by atoms with Crippen molar-refractivity contribution in [1.29, 1.82) is 0 Å². The summed E-state index contributed by atoms with van der Waals surface area (Å²) in [5, 5.41) is 0. The molecule has 14 heavy (non-hydrogen) atoms. The highest BCUT2D eigenvalue weighted by Crippen LogP contribution is 2.11. The molecule has 0 aromatic carbocycles. The van der Waals surface area contributed by atoms with Gasteiger partial charge in [-0.15, -0.1) is 0 Å². The van der Waals surface area contributed by atoms with E-state index in [0.717, 1.165) is 18.3 Å². The van der Waals surface area contributed by atoms with Crippen LogP contribution in [0.5, 0.6) is 0 Å². The molecule has 0 rings (SSSR count). The van der Waals surface area contributed by atoms with Gasteiger partial charge in [0.15, 0.2) is 0 Å². The van der Waals surface area contributed by atoms with Gasteiger partial charge in [-0.2, -0.15) is 0 Å². The maximum atomic E-state index is 10.5. The zero-order chi connectivity index (χ0) is 10.6. The van der Waals surface area contributed by atoms with E-state index in [1.807, 2.05) is 13.0 Å². The minimum Gasteiger partial charge on any atom is -0.298 e. The number of aldehydes is 1. The number of carbonyl (C=O) groups excluding carboxylic acids is 1. The van der Waals surface area contributed by atoms with Crippen LogP contribution in [0.2, 0.25) is 0 Å². The van der Waals surface area contributed by atoms with Crippen LogP contribution in [0.25, 0.3) is 0 Å². The van der Waals surface area contributed by atoms with Gasteiger partial charge in [0, 0.05) is 0 Å². The molecule has 0 heterocycles. The first kappa shape index (κ1) is 13.4. The lowest BCUT2D eigenvalue weighted by Crippen LogP contribution is -1.85. The van der Waals surface area contributed by atoms with Crippen LogP contribution in [0.15, 0.2) is 11.6 Å². The molecule has 0 radical (unpaired) electrons. The predicted molar refractivity (Wildman–Crippen MR) is 62.4 cm³/mol. The monoisotopic (exact) mass is 196 g/mol. The Balaban J connectivity index is 3.17. The van der Waals surface area contributed by atoms with Crippen LogP contribution < -0.4 is 0 Å². The number of hydrogen-bond donors (Lipinski definition) is 0. The minimum absolute atomic E-state index is 0.957. The van der Waals surface area contributed by atoms with Crippen LogP contribution in [0, 0.1) is 0 Å². The van der Waals surface area contributed by atoms with Crippen molar-refractivity contribution in [3.8, 4) is 0 Å². The smallest absolute Gasteiger partial charge is 0.145 e. The average molecular weight is 196 g/mol. The zero-order valence-corrected chi connectivity index (χ0v) is 9.72. The van der Waals surface area contributed by atoms with Gasteiger partial charge in [-0.1, -0.05) is 51.5 Å². The van der Waals surface area contributed by atoms with Crippen molar-refractivity contribution in [2.45, 2.75) is 65.2 Å². The van der Waals surface area contributed by atoms with Gasteiger partial charge >= 0.3 is 0 Å². The molecule has 0 aliphatic rings. The fraction of sp³-hybridized carbons (Fsp3) is 0.769. The Morgan fingerprint density at radius 2 is 1.57 bits per heavy atom. The van der Waals surface area contributed by atoms with Crippen molar-refractivity contribution in [2.75, 3.05) is 0 Å². The molecular formula is C13H24O. The van der Waals surface area contributed by atoms with E-state index in [1.54, 1.807) is 0 Å². The van der Waals surface area contributed by atoms with Crippen molar-refractivity contribution in [2.24, 2.45) is 0 Å². The molecule has 0 unspecified atom stereocenters. The van der Waals surface area contributed by atoms with Crippen LogP contribution in [0.1, 0.15) is 65.2 Å². The largest absolute Gasteiger partial charge is 0.298 e. The molecule has 0 aliphatic heterocycles. The molecular weight excluding hydrogens is 172 g/mol. The number of hydrogen-bond acceptors (Lipinski definition) is 1. The summed E-state index contributed by atoms with van der Waals surface area (Å²) in [6, 6.07) is 0. The Labute approximate surface area is 88.6 Å². The second-order valence-electron chi connectivity index (χ2n) is 3.85. The van der Waals surface area contributed by atoms with E-state index >= 15 is 0 Å². The summed E-state index contributed by atoms with van der Waals surface area (Å²) >= 11 is 0. The highest BCUT2D eigenvalue weighted by atomic mass is 16.1. The molecule has 0 N–H and O–H groups in total. The lowest BCUT2D eigenvalue weighted by molar-refractivity contribution is -0.105. The molecule has 0 aliphatic carbocycles. The highest BCUT2D eigenvalue weighted by Gasteiger charge is 1.94. The van der Waals surface area contributed by atoms with E-state index in [-0.39, 0.29) is 0 Å². The topological polar surface area (TPSA) is 17.1 Å². The maximum Gasteiger partial charge on any atom is 0.145 e. The minimum atomic E-state index is 0.957. The van der Waals surface area contributed by atoms with Crippen molar-refractivity contribution < 1.29 is 4.79 Å². The van der Waals surface area contributed by atoms with Gasteiger partial charge in [-0.05, 0) is 25.3 Å². The first-order chi connectivity index (χ1) is 6.85. The van der Waals surface area contributed by atoms with Gasteiger partial charge in [0.05, 0.1) is 0 Å². The van der Waals surface area contributed by atoms with Crippen LogP contribution in [0.4, 0.5) is 0 Å². The van der Waals surface area contributed by atoms with Crippen molar-refractivity contribution in [1.82, 2.24) is 0 Å². The molecule has 1 heteroatoms. The van der Waals surface area contributed by atoms with E-state index in [0.29, 0.717) is 0 Å². The van der Waals surface area contributed by atoms with E-state index in [1.165, 1.54) is 44.9 Å². The van der Waals surface area contributed by atoms with E-state index in [2.05, 4.69) is 6.92 Å². The molecule has 0 aromatic rings. The number of carbonyl (C=O) groups is 1. The van der Waals surface area contributed by atoms with Crippen LogP contribution in [-0.2, 0) is 4.79 Å². The van der Waals surface area contributed by atoms with Gasteiger partial charge in [-0.3, -0.25) is 4.79 Å². The molecule has 0 bridgehead atoms. The van der Waals surface area contributed by atoms with E-state index in [4.69, 9.17) is 0 Å². The predicted octanol–water partition coefficient (Wildman–Crippen LogP) is 4.27. The SMILES string of the molecule is C/C=C(\C=O)CCCCCCCCC. The molecule has 0 saturated carbocycles. The Morgan fingerprint density at radius 1 is 1.00 bits per heavy atom. The third-order valence-electron chi connectivity index (χ3n) is 2.59. The summed E-state index contributed by atoms with van der Waals surface area (Å²) in [6.07, 6.45) is 13.1. The Bertz CT molecular complexity index is 159. The Morgan fingerprint density at radius 3 is 2.07 bits per heavy atom. The summed E-state index contributed by atoms with van der Waals surface area (Å²) in [6.45, 7) is 4.17. The first-order valence-electron chi connectivity index (χ1n) is 5.95. The summed E-state index contributed by atoms with van der Waals surface area (Å²) in [5.41, 5.74) is 0.957. The second kappa shape index (κ2) is 10.5. The first-order valence-corrected chi connectivity index (χ1v) is 5.95. The lowest BCUT2D eigenvalue weighted by Gasteiger charge is -2.00. The normalized spacial score (nSPS) is 11.7.